The Balaban J connectivity index is 1.54. The second kappa shape index (κ2) is 5.68. The maximum absolute atomic E-state index is 5.64. The molecular formula is C14H26N2O. The van der Waals surface area contributed by atoms with Gasteiger partial charge in [-0.15, -0.1) is 0 Å². The third kappa shape index (κ3) is 2.83. The Morgan fingerprint density at radius 2 is 2.06 bits per heavy atom. The van der Waals surface area contributed by atoms with Gasteiger partial charge < -0.3 is 10.1 Å². The van der Waals surface area contributed by atoms with Gasteiger partial charge in [-0.1, -0.05) is 0 Å². The lowest BCUT2D eigenvalue weighted by molar-refractivity contribution is -0.00142. The summed E-state index contributed by atoms with van der Waals surface area (Å²) in [5.41, 5.74) is 0. The summed E-state index contributed by atoms with van der Waals surface area (Å²) in [6.45, 7) is 5.82. The van der Waals surface area contributed by atoms with Crippen LogP contribution in [0, 0.1) is 5.92 Å². The fourth-order valence-corrected chi connectivity index (χ4v) is 3.83. The summed E-state index contributed by atoms with van der Waals surface area (Å²) in [6.07, 6.45) is 8.22. The Bertz CT molecular complexity index is 234. The Labute approximate surface area is 105 Å². The highest BCUT2D eigenvalue weighted by Gasteiger charge is 2.32. The van der Waals surface area contributed by atoms with Gasteiger partial charge in [-0.25, -0.2) is 0 Å². The first-order valence-electron chi connectivity index (χ1n) is 7.48. The maximum Gasteiger partial charge on any atom is 0.0621 e. The van der Waals surface area contributed by atoms with Crippen molar-refractivity contribution in [1.29, 1.82) is 0 Å². The smallest absolute Gasteiger partial charge is 0.0621 e. The van der Waals surface area contributed by atoms with E-state index in [9.17, 15) is 0 Å². The Morgan fingerprint density at radius 3 is 2.82 bits per heavy atom. The zero-order chi connectivity index (χ0) is 11.5. The molecule has 17 heavy (non-hydrogen) atoms. The minimum absolute atomic E-state index is 0.716. The summed E-state index contributed by atoms with van der Waals surface area (Å²) in [5.74, 6) is 0.896. The molecule has 0 aromatic heterocycles. The van der Waals surface area contributed by atoms with Crippen LogP contribution in [0.25, 0.3) is 0 Å². The van der Waals surface area contributed by atoms with Crippen LogP contribution in [0.2, 0.25) is 0 Å². The highest BCUT2D eigenvalue weighted by molar-refractivity contribution is 4.88. The predicted molar refractivity (Wildman–Crippen MR) is 69.2 cm³/mol. The van der Waals surface area contributed by atoms with Crippen molar-refractivity contribution in [3.05, 3.63) is 0 Å². The van der Waals surface area contributed by atoms with Gasteiger partial charge in [0.1, 0.15) is 0 Å². The molecule has 0 aliphatic carbocycles. The van der Waals surface area contributed by atoms with Crippen molar-refractivity contribution in [2.75, 3.05) is 32.8 Å². The molecule has 3 unspecified atom stereocenters. The number of ether oxygens (including phenoxy) is 1. The van der Waals surface area contributed by atoms with E-state index in [2.05, 4.69) is 10.2 Å². The summed E-state index contributed by atoms with van der Waals surface area (Å²) >= 11 is 0. The van der Waals surface area contributed by atoms with Crippen molar-refractivity contribution >= 4 is 0 Å². The van der Waals surface area contributed by atoms with Crippen molar-refractivity contribution in [2.24, 2.45) is 5.92 Å². The van der Waals surface area contributed by atoms with Gasteiger partial charge in [-0.05, 0) is 57.5 Å². The Kier molecular flexibility index (Phi) is 3.99. The minimum atomic E-state index is 0.716. The van der Waals surface area contributed by atoms with Gasteiger partial charge in [0.05, 0.1) is 6.61 Å². The number of piperidine rings is 1. The van der Waals surface area contributed by atoms with E-state index >= 15 is 0 Å². The number of nitrogens with one attached hydrogen (secondary N) is 1. The number of hydrogen-bond donors (Lipinski definition) is 1. The number of likely N-dealkylation sites (tertiary alicyclic amines) is 1. The molecule has 3 atom stereocenters. The number of hydrogen-bond acceptors (Lipinski definition) is 3. The van der Waals surface area contributed by atoms with E-state index in [1.807, 2.05) is 0 Å². The van der Waals surface area contributed by atoms with E-state index in [-0.39, 0.29) is 0 Å². The molecule has 0 aromatic rings. The minimum Gasteiger partial charge on any atom is -0.380 e. The monoisotopic (exact) mass is 238 g/mol. The Morgan fingerprint density at radius 1 is 1.06 bits per heavy atom. The van der Waals surface area contributed by atoms with Crippen molar-refractivity contribution < 1.29 is 4.74 Å². The molecule has 1 N–H and O–H groups in total. The van der Waals surface area contributed by atoms with Crippen LogP contribution in [-0.4, -0.2) is 49.8 Å². The summed E-state index contributed by atoms with van der Waals surface area (Å²) in [5, 5.41) is 3.69. The third-order valence-electron chi connectivity index (χ3n) is 4.81. The van der Waals surface area contributed by atoms with Crippen LogP contribution in [-0.2, 0) is 4.74 Å². The fraction of sp³-hybridized carbons (Fsp3) is 1.00. The second-order valence-corrected chi connectivity index (χ2v) is 5.97. The van der Waals surface area contributed by atoms with Gasteiger partial charge in [-0.3, -0.25) is 4.90 Å². The van der Waals surface area contributed by atoms with Crippen LogP contribution < -0.4 is 5.32 Å². The average Bonchev–Trinajstić information content (AvgIpc) is 2.94. The first-order valence-corrected chi connectivity index (χ1v) is 7.48. The van der Waals surface area contributed by atoms with Gasteiger partial charge in [0.15, 0.2) is 0 Å². The zero-order valence-electron chi connectivity index (χ0n) is 10.9. The van der Waals surface area contributed by atoms with Crippen molar-refractivity contribution in [3.63, 3.8) is 0 Å². The van der Waals surface area contributed by atoms with Crippen LogP contribution in [0.3, 0.4) is 0 Å². The van der Waals surface area contributed by atoms with E-state index < -0.39 is 0 Å². The molecule has 0 spiro atoms. The van der Waals surface area contributed by atoms with Crippen LogP contribution in [0.1, 0.15) is 38.5 Å². The molecule has 98 valence electrons. The van der Waals surface area contributed by atoms with Crippen LogP contribution >= 0.6 is 0 Å². The third-order valence-corrected chi connectivity index (χ3v) is 4.81. The highest BCUT2D eigenvalue weighted by atomic mass is 16.5. The van der Waals surface area contributed by atoms with E-state index in [1.54, 1.807) is 0 Å². The molecule has 3 aliphatic rings. The van der Waals surface area contributed by atoms with E-state index in [0.29, 0.717) is 6.04 Å². The van der Waals surface area contributed by atoms with E-state index in [4.69, 9.17) is 4.74 Å². The van der Waals surface area contributed by atoms with E-state index in [1.165, 1.54) is 58.2 Å². The number of rotatable bonds is 2. The second-order valence-electron chi connectivity index (χ2n) is 5.97. The molecule has 3 nitrogen and oxygen atoms in total. The maximum atomic E-state index is 5.64. The summed E-state index contributed by atoms with van der Waals surface area (Å²) < 4.78 is 5.64. The van der Waals surface area contributed by atoms with Crippen LogP contribution in [0.15, 0.2) is 0 Å². The van der Waals surface area contributed by atoms with Gasteiger partial charge >= 0.3 is 0 Å². The predicted octanol–water partition coefficient (Wildman–Crippen LogP) is 1.63. The first-order chi connectivity index (χ1) is 8.43. The fourth-order valence-electron chi connectivity index (χ4n) is 3.83. The topological polar surface area (TPSA) is 24.5 Å². The summed E-state index contributed by atoms with van der Waals surface area (Å²) in [4.78, 5) is 2.72. The van der Waals surface area contributed by atoms with Crippen molar-refractivity contribution in [2.45, 2.75) is 50.6 Å². The molecule has 3 rings (SSSR count). The molecule has 0 radical (unpaired) electrons. The SMILES string of the molecule is C1CNC(C2CCCN(C3CCCOC3)C2)C1. The standard InChI is InChI=1S/C14H26N2O/c1-6-14(15-7-1)12-4-2-8-16(10-12)13-5-3-9-17-11-13/h12-15H,1-11H2. The molecule has 0 aromatic carbocycles. The van der Waals surface area contributed by atoms with Crippen LogP contribution in [0.4, 0.5) is 0 Å². The lowest BCUT2D eigenvalue weighted by atomic mass is 9.88. The molecule has 3 heterocycles. The van der Waals surface area contributed by atoms with Gasteiger partial charge in [-0.2, -0.15) is 0 Å². The quantitative estimate of drug-likeness (QED) is 0.791. The lowest BCUT2D eigenvalue weighted by Gasteiger charge is -2.41. The zero-order valence-corrected chi connectivity index (χ0v) is 10.9. The summed E-state index contributed by atoms with van der Waals surface area (Å²) in [6, 6.07) is 1.52. The van der Waals surface area contributed by atoms with Crippen LogP contribution in [0.5, 0.6) is 0 Å². The van der Waals surface area contributed by atoms with Crippen molar-refractivity contribution in [1.82, 2.24) is 10.2 Å². The Hall–Kier alpha value is -0.120. The molecule has 0 saturated carbocycles. The molecule has 3 fully saturated rings. The molecule has 3 aliphatic heterocycles. The summed E-state index contributed by atoms with van der Waals surface area (Å²) in [7, 11) is 0. The largest absolute Gasteiger partial charge is 0.380 e. The normalized spacial score (nSPS) is 40.6. The highest BCUT2D eigenvalue weighted by Crippen LogP contribution is 2.27. The van der Waals surface area contributed by atoms with Gasteiger partial charge in [0, 0.05) is 25.2 Å². The van der Waals surface area contributed by atoms with Crippen molar-refractivity contribution in [3.8, 4) is 0 Å². The number of nitrogens with zero attached hydrogens (tertiary/aromatic N) is 1. The molecule has 0 bridgehead atoms. The lowest BCUT2D eigenvalue weighted by Crippen LogP contribution is -2.49. The van der Waals surface area contributed by atoms with E-state index in [0.717, 1.165) is 25.2 Å². The molecule has 0 amide bonds. The molecular weight excluding hydrogens is 212 g/mol. The average molecular weight is 238 g/mol. The molecule has 3 heteroatoms. The van der Waals surface area contributed by atoms with Gasteiger partial charge in [0.25, 0.3) is 0 Å². The first kappa shape index (κ1) is 11.9. The van der Waals surface area contributed by atoms with Gasteiger partial charge in [0.2, 0.25) is 0 Å². The molecule has 3 saturated heterocycles.